The molecule has 0 fully saturated rings. The summed E-state index contributed by atoms with van der Waals surface area (Å²) in [6.45, 7) is 0. The summed E-state index contributed by atoms with van der Waals surface area (Å²) in [7, 11) is 0. The summed E-state index contributed by atoms with van der Waals surface area (Å²) < 4.78 is 6.59. The van der Waals surface area contributed by atoms with Crippen LogP contribution in [0, 0.1) is 0 Å². The minimum absolute atomic E-state index is 0.884. The first-order valence-electron chi connectivity index (χ1n) is 16.3. The van der Waals surface area contributed by atoms with E-state index < -0.39 is 0 Å². The highest BCUT2D eigenvalue weighted by atomic mass is 32.1. The van der Waals surface area contributed by atoms with Crippen LogP contribution in [0.5, 0.6) is 0 Å². The van der Waals surface area contributed by atoms with E-state index in [0.29, 0.717) is 0 Å². The molecule has 1 nitrogen and oxygen atoms in total. The Balaban J connectivity index is 1.31. The third kappa shape index (κ3) is 3.93. The minimum atomic E-state index is 0.884. The highest BCUT2D eigenvalue weighted by Gasteiger charge is 2.21. The van der Waals surface area contributed by atoms with Crippen molar-refractivity contribution in [1.82, 2.24) is 0 Å². The molecule has 0 atom stereocenters. The van der Waals surface area contributed by atoms with E-state index in [0.717, 1.165) is 37.6 Å². The van der Waals surface area contributed by atoms with Gasteiger partial charge in [0.1, 0.15) is 11.2 Å². The van der Waals surface area contributed by atoms with Gasteiger partial charge in [-0.15, -0.1) is 12.6 Å². The molecule has 1 aromatic heterocycles. The van der Waals surface area contributed by atoms with Gasteiger partial charge in [0.25, 0.3) is 0 Å². The molecule has 2 heteroatoms. The van der Waals surface area contributed by atoms with Crippen LogP contribution in [0.3, 0.4) is 0 Å². The molecule has 48 heavy (non-hydrogen) atoms. The molecular formula is C46H28OS. The largest absolute Gasteiger partial charge is 0.456 e. The molecular weight excluding hydrogens is 601 g/mol. The van der Waals surface area contributed by atoms with E-state index in [1.165, 1.54) is 65.7 Å². The first-order valence-corrected chi connectivity index (χ1v) is 16.8. The van der Waals surface area contributed by atoms with Crippen LogP contribution in [-0.4, -0.2) is 0 Å². The molecule has 224 valence electrons. The number of benzene rings is 9. The van der Waals surface area contributed by atoms with Crippen LogP contribution in [0.15, 0.2) is 173 Å². The van der Waals surface area contributed by atoms with Gasteiger partial charge in [0.15, 0.2) is 0 Å². The van der Waals surface area contributed by atoms with Crippen molar-refractivity contribution >= 4 is 77.7 Å². The monoisotopic (exact) mass is 628 g/mol. The fourth-order valence-corrected chi connectivity index (χ4v) is 8.33. The number of hydrogen-bond acceptors (Lipinski definition) is 2. The fraction of sp³-hybridized carbons (Fsp3) is 0. The van der Waals surface area contributed by atoms with E-state index in [9.17, 15) is 0 Å². The van der Waals surface area contributed by atoms with Gasteiger partial charge in [-0.3, -0.25) is 0 Å². The summed E-state index contributed by atoms with van der Waals surface area (Å²) in [5.74, 6) is 0. The standard InChI is InChI=1S/C46H28OS/c48-46-36-21-10-8-19-34(36)44(35-20-9-11-22-37(35)46)38-23-12-24-41-45(38)39-27-29(25-26-40(39)47-41)43-32-17-6-4-15-30(32)42(28-13-2-1-3-14-28)31-16-5-7-18-33(31)43/h1-27,48H. The molecule has 1 heterocycles. The second-order valence-electron chi connectivity index (χ2n) is 12.5. The van der Waals surface area contributed by atoms with Gasteiger partial charge in [-0.2, -0.15) is 0 Å². The predicted octanol–water partition coefficient (Wildman–Crippen LogP) is 13.5. The quantitative estimate of drug-likeness (QED) is 0.152. The smallest absolute Gasteiger partial charge is 0.136 e. The Labute approximate surface area is 283 Å². The van der Waals surface area contributed by atoms with Crippen LogP contribution >= 0.6 is 12.6 Å². The van der Waals surface area contributed by atoms with Gasteiger partial charge in [-0.25, -0.2) is 0 Å². The number of hydrogen-bond donors (Lipinski definition) is 1. The molecule has 9 aromatic carbocycles. The third-order valence-corrected chi connectivity index (χ3v) is 10.4. The Hall–Kier alpha value is -5.83. The highest BCUT2D eigenvalue weighted by Crippen LogP contribution is 2.47. The van der Waals surface area contributed by atoms with E-state index >= 15 is 0 Å². The van der Waals surface area contributed by atoms with Gasteiger partial charge in [-0.05, 0) is 94.7 Å². The van der Waals surface area contributed by atoms with Gasteiger partial charge in [0, 0.05) is 15.7 Å². The molecule has 10 rings (SSSR count). The molecule has 0 aliphatic carbocycles. The Bertz CT molecular complexity index is 2780. The first kappa shape index (κ1) is 27.3. The number of rotatable bonds is 3. The summed E-state index contributed by atoms with van der Waals surface area (Å²) in [6.07, 6.45) is 0. The maximum Gasteiger partial charge on any atom is 0.136 e. The Morgan fingerprint density at radius 3 is 1.38 bits per heavy atom. The predicted molar refractivity (Wildman–Crippen MR) is 207 cm³/mol. The van der Waals surface area contributed by atoms with Crippen molar-refractivity contribution in [3.8, 4) is 33.4 Å². The summed E-state index contributed by atoms with van der Waals surface area (Å²) in [6, 6.07) is 58.8. The first-order chi connectivity index (χ1) is 23.8. The lowest BCUT2D eigenvalue weighted by molar-refractivity contribution is 0.669. The van der Waals surface area contributed by atoms with Crippen molar-refractivity contribution in [3.63, 3.8) is 0 Å². The molecule has 0 aliphatic heterocycles. The molecule has 0 spiro atoms. The number of furan rings is 1. The summed E-state index contributed by atoms with van der Waals surface area (Å²) >= 11 is 5.02. The average Bonchev–Trinajstić information content (AvgIpc) is 3.53. The van der Waals surface area contributed by atoms with Crippen LogP contribution in [0.1, 0.15) is 0 Å². The fourth-order valence-electron chi connectivity index (χ4n) is 7.94. The van der Waals surface area contributed by atoms with Crippen molar-refractivity contribution in [2.24, 2.45) is 0 Å². The van der Waals surface area contributed by atoms with Crippen LogP contribution < -0.4 is 0 Å². The number of thiol groups is 1. The summed E-state index contributed by atoms with van der Waals surface area (Å²) in [5, 5.41) is 11.9. The van der Waals surface area contributed by atoms with Gasteiger partial charge < -0.3 is 4.42 Å². The minimum Gasteiger partial charge on any atom is -0.456 e. The summed E-state index contributed by atoms with van der Waals surface area (Å²) in [4.78, 5) is 1.01. The van der Waals surface area contributed by atoms with Gasteiger partial charge in [-0.1, -0.05) is 146 Å². The van der Waals surface area contributed by atoms with E-state index in [-0.39, 0.29) is 0 Å². The zero-order chi connectivity index (χ0) is 31.8. The molecule has 0 aliphatic rings. The lowest BCUT2D eigenvalue weighted by Crippen LogP contribution is -1.91. The topological polar surface area (TPSA) is 13.1 Å². The molecule has 10 aromatic rings. The van der Waals surface area contributed by atoms with Crippen LogP contribution in [-0.2, 0) is 0 Å². The van der Waals surface area contributed by atoms with Crippen molar-refractivity contribution < 1.29 is 4.42 Å². The summed E-state index contributed by atoms with van der Waals surface area (Å²) in [5.41, 5.74) is 9.06. The van der Waals surface area contributed by atoms with Crippen LogP contribution in [0.2, 0.25) is 0 Å². The Kier molecular flexibility index (Phi) is 6.03. The maximum absolute atomic E-state index is 6.59. The molecule has 0 bridgehead atoms. The second-order valence-corrected chi connectivity index (χ2v) is 13.0. The number of fused-ring (bicyclic) bond motifs is 7. The normalized spacial score (nSPS) is 11.9. The molecule has 0 saturated heterocycles. The van der Waals surface area contributed by atoms with Crippen molar-refractivity contribution in [1.29, 1.82) is 0 Å². The molecule has 0 radical (unpaired) electrons. The van der Waals surface area contributed by atoms with Gasteiger partial charge >= 0.3 is 0 Å². The van der Waals surface area contributed by atoms with Gasteiger partial charge in [0.2, 0.25) is 0 Å². The van der Waals surface area contributed by atoms with Gasteiger partial charge in [0.05, 0.1) is 0 Å². The maximum atomic E-state index is 6.59. The average molecular weight is 629 g/mol. The van der Waals surface area contributed by atoms with Crippen LogP contribution in [0.25, 0.3) is 98.4 Å². The lowest BCUT2D eigenvalue weighted by Gasteiger charge is -2.18. The lowest BCUT2D eigenvalue weighted by atomic mass is 9.85. The van der Waals surface area contributed by atoms with E-state index in [4.69, 9.17) is 17.0 Å². The zero-order valence-electron chi connectivity index (χ0n) is 25.9. The Morgan fingerprint density at radius 2 is 0.812 bits per heavy atom. The van der Waals surface area contributed by atoms with Crippen molar-refractivity contribution in [2.75, 3.05) is 0 Å². The Morgan fingerprint density at radius 1 is 0.333 bits per heavy atom. The second kappa shape index (κ2) is 10.6. The highest BCUT2D eigenvalue weighted by molar-refractivity contribution is 7.80. The van der Waals surface area contributed by atoms with E-state index in [1.807, 2.05) is 0 Å². The van der Waals surface area contributed by atoms with Crippen molar-refractivity contribution in [3.05, 3.63) is 164 Å². The molecule has 0 unspecified atom stereocenters. The van der Waals surface area contributed by atoms with E-state index in [1.54, 1.807) is 0 Å². The SMILES string of the molecule is Sc1c2ccccc2c(-c2cccc3oc4ccc(-c5c6ccccc6c(-c6ccccc6)c6ccccc56)cc4c23)c2ccccc12. The molecule has 0 amide bonds. The third-order valence-electron chi connectivity index (χ3n) is 9.95. The molecule has 0 N–H and O–H groups in total. The molecule has 0 saturated carbocycles. The van der Waals surface area contributed by atoms with Crippen LogP contribution in [0.4, 0.5) is 0 Å². The van der Waals surface area contributed by atoms with E-state index in [2.05, 4.69) is 164 Å². The zero-order valence-corrected chi connectivity index (χ0v) is 26.8. The van der Waals surface area contributed by atoms with Crippen molar-refractivity contribution in [2.45, 2.75) is 4.90 Å².